The lowest BCUT2D eigenvalue weighted by atomic mass is 10.1. The van der Waals surface area contributed by atoms with E-state index in [4.69, 9.17) is 17.3 Å². The van der Waals surface area contributed by atoms with Crippen molar-refractivity contribution in [3.63, 3.8) is 0 Å². The Morgan fingerprint density at radius 1 is 1.20 bits per heavy atom. The summed E-state index contributed by atoms with van der Waals surface area (Å²) < 4.78 is 0. The van der Waals surface area contributed by atoms with E-state index in [0.717, 1.165) is 5.56 Å². The fourth-order valence-electron chi connectivity index (χ4n) is 1.93. The molecule has 0 heterocycles. The van der Waals surface area contributed by atoms with E-state index in [1.807, 2.05) is 30.3 Å². The van der Waals surface area contributed by atoms with Crippen LogP contribution in [0.1, 0.15) is 22.0 Å². The van der Waals surface area contributed by atoms with Gasteiger partial charge in [-0.15, -0.1) is 0 Å². The maximum Gasteiger partial charge on any atom is 0.255 e. The van der Waals surface area contributed by atoms with Crippen molar-refractivity contribution >= 4 is 23.2 Å². The minimum atomic E-state index is -0.501. The second kappa shape index (κ2) is 6.41. The van der Waals surface area contributed by atoms with Gasteiger partial charge in [0.05, 0.1) is 23.2 Å². The van der Waals surface area contributed by atoms with Crippen molar-refractivity contribution in [2.75, 3.05) is 12.3 Å². The van der Waals surface area contributed by atoms with E-state index in [9.17, 15) is 9.90 Å². The second-order valence-electron chi connectivity index (χ2n) is 4.32. The normalized spacial score (nSPS) is 11.9. The van der Waals surface area contributed by atoms with Gasteiger partial charge in [-0.25, -0.2) is 0 Å². The zero-order valence-corrected chi connectivity index (χ0v) is 11.5. The van der Waals surface area contributed by atoms with Crippen molar-refractivity contribution in [1.82, 2.24) is 5.32 Å². The maximum absolute atomic E-state index is 12.2. The highest BCUT2D eigenvalue weighted by Crippen LogP contribution is 2.23. The van der Waals surface area contributed by atoms with Crippen molar-refractivity contribution in [3.05, 3.63) is 64.7 Å². The van der Waals surface area contributed by atoms with E-state index in [1.165, 1.54) is 0 Å². The van der Waals surface area contributed by atoms with Gasteiger partial charge in [0, 0.05) is 5.69 Å². The SMILES string of the molecule is Nc1cccc(Cl)c1C(=O)N[C@H](CO)c1ccccc1. The summed E-state index contributed by atoms with van der Waals surface area (Å²) in [6.45, 7) is -0.208. The molecule has 0 saturated heterocycles. The highest BCUT2D eigenvalue weighted by atomic mass is 35.5. The minimum Gasteiger partial charge on any atom is -0.398 e. The summed E-state index contributed by atoms with van der Waals surface area (Å²) in [5.74, 6) is -0.406. The molecule has 0 fully saturated rings. The number of carbonyl (C=O) groups excluding carboxylic acids is 1. The van der Waals surface area contributed by atoms with Crippen molar-refractivity contribution in [1.29, 1.82) is 0 Å². The van der Waals surface area contributed by atoms with E-state index in [-0.39, 0.29) is 17.2 Å². The van der Waals surface area contributed by atoms with Crippen LogP contribution in [0, 0.1) is 0 Å². The molecule has 0 saturated carbocycles. The number of halogens is 1. The van der Waals surface area contributed by atoms with Gasteiger partial charge in [0.1, 0.15) is 0 Å². The van der Waals surface area contributed by atoms with Crippen molar-refractivity contribution in [2.24, 2.45) is 0 Å². The van der Waals surface area contributed by atoms with Crippen LogP contribution < -0.4 is 11.1 Å². The summed E-state index contributed by atoms with van der Waals surface area (Å²) in [5.41, 5.74) is 7.12. The van der Waals surface area contributed by atoms with Crippen molar-refractivity contribution in [3.8, 4) is 0 Å². The standard InChI is InChI=1S/C15H15ClN2O2/c16-11-7-4-8-12(17)14(11)15(20)18-13(9-19)10-5-2-1-3-6-10/h1-8,13,19H,9,17H2,(H,18,20)/t13-/m1/s1. The Morgan fingerprint density at radius 2 is 1.90 bits per heavy atom. The number of nitrogens with two attached hydrogens (primary N) is 1. The summed E-state index contributed by atoms with van der Waals surface area (Å²) in [5, 5.41) is 12.4. The summed E-state index contributed by atoms with van der Waals surface area (Å²) in [7, 11) is 0. The Balaban J connectivity index is 2.22. The predicted molar refractivity (Wildman–Crippen MR) is 79.6 cm³/mol. The lowest BCUT2D eigenvalue weighted by Crippen LogP contribution is -2.31. The number of hydrogen-bond acceptors (Lipinski definition) is 3. The topological polar surface area (TPSA) is 75.4 Å². The number of aliphatic hydroxyl groups excluding tert-OH is 1. The molecule has 5 heteroatoms. The molecular formula is C15H15ClN2O2. The fraction of sp³-hybridized carbons (Fsp3) is 0.133. The first-order valence-corrected chi connectivity index (χ1v) is 6.52. The summed E-state index contributed by atoms with van der Waals surface area (Å²) in [6, 6.07) is 13.6. The molecule has 2 aromatic rings. The van der Waals surface area contributed by atoms with E-state index in [1.54, 1.807) is 18.2 Å². The van der Waals surface area contributed by atoms with E-state index < -0.39 is 11.9 Å². The average Bonchev–Trinajstić information content (AvgIpc) is 2.45. The molecule has 4 N–H and O–H groups in total. The van der Waals surface area contributed by atoms with E-state index >= 15 is 0 Å². The number of aliphatic hydroxyl groups is 1. The zero-order chi connectivity index (χ0) is 14.5. The van der Waals surface area contributed by atoms with Crippen LogP contribution in [0.25, 0.3) is 0 Å². The van der Waals surface area contributed by atoms with Crippen LogP contribution in [-0.2, 0) is 0 Å². The molecule has 2 aromatic carbocycles. The third-order valence-electron chi connectivity index (χ3n) is 2.96. The number of hydrogen-bond donors (Lipinski definition) is 3. The molecule has 0 unspecified atom stereocenters. The van der Waals surface area contributed by atoms with Gasteiger partial charge in [0.25, 0.3) is 5.91 Å². The molecular weight excluding hydrogens is 276 g/mol. The van der Waals surface area contributed by atoms with Gasteiger partial charge in [-0.2, -0.15) is 0 Å². The number of nitrogen functional groups attached to an aromatic ring is 1. The molecule has 4 nitrogen and oxygen atoms in total. The van der Waals surface area contributed by atoms with Crippen LogP contribution in [0.2, 0.25) is 5.02 Å². The zero-order valence-electron chi connectivity index (χ0n) is 10.7. The molecule has 0 radical (unpaired) electrons. The number of carbonyl (C=O) groups is 1. The smallest absolute Gasteiger partial charge is 0.255 e. The molecule has 0 aliphatic carbocycles. The van der Waals surface area contributed by atoms with Crippen molar-refractivity contribution < 1.29 is 9.90 Å². The Morgan fingerprint density at radius 3 is 2.50 bits per heavy atom. The van der Waals surface area contributed by atoms with Crippen LogP contribution in [0.3, 0.4) is 0 Å². The van der Waals surface area contributed by atoms with Gasteiger partial charge in [-0.05, 0) is 17.7 Å². The largest absolute Gasteiger partial charge is 0.398 e. The Bertz CT molecular complexity index is 582. The number of nitrogens with one attached hydrogen (secondary N) is 1. The molecule has 0 spiro atoms. The first-order chi connectivity index (χ1) is 9.63. The van der Waals surface area contributed by atoms with Crippen LogP contribution in [0.15, 0.2) is 48.5 Å². The minimum absolute atomic E-state index is 0.208. The summed E-state index contributed by atoms with van der Waals surface area (Å²) in [6.07, 6.45) is 0. The lowest BCUT2D eigenvalue weighted by Gasteiger charge is -2.17. The third kappa shape index (κ3) is 3.10. The van der Waals surface area contributed by atoms with Crippen LogP contribution in [0.4, 0.5) is 5.69 Å². The summed E-state index contributed by atoms with van der Waals surface area (Å²) in [4.78, 5) is 12.2. The molecule has 1 atom stereocenters. The van der Waals surface area contributed by atoms with Gasteiger partial charge < -0.3 is 16.2 Å². The molecule has 1 amide bonds. The fourth-order valence-corrected chi connectivity index (χ4v) is 2.20. The van der Waals surface area contributed by atoms with Crippen LogP contribution in [-0.4, -0.2) is 17.6 Å². The van der Waals surface area contributed by atoms with Gasteiger partial charge in [-0.3, -0.25) is 4.79 Å². The summed E-state index contributed by atoms with van der Waals surface area (Å²) >= 11 is 5.99. The molecule has 0 bridgehead atoms. The highest BCUT2D eigenvalue weighted by Gasteiger charge is 2.18. The molecule has 20 heavy (non-hydrogen) atoms. The average molecular weight is 291 g/mol. The second-order valence-corrected chi connectivity index (χ2v) is 4.73. The number of rotatable bonds is 4. The third-order valence-corrected chi connectivity index (χ3v) is 3.28. The van der Waals surface area contributed by atoms with Gasteiger partial charge >= 0.3 is 0 Å². The van der Waals surface area contributed by atoms with E-state index in [0.29, 0.717) is 5.69 Å². The first-order valence-electron chi connectivity index (χ1n) is 6.14. The molecule has 2 rings (SSSR count). The van der Waals surface area contributed by atoms with Crippen LogP contribution in [0.5, 0.6) is 0 Å². The van der Waals surface area contributed by atoms with Gasteiger partial charge in [0.2, 0.25) is 0 Å². The monoisotopic (exact) mass is 290 g/mol. The number of benzene rings is 2. The predicted octanol–water partition coefficient (Wildman–Crippen LogP) is 2.39. The van der Waals surface area contributed by atoms with E-state index in [2.05, 4.69) is 5.32 Å². The maximum atomic E-state index is 12.2. The molecule has 0 aliphatic heterocycles. The van der Waals surface area contributed by atoms with Crippen molar-refractivity contribution in [2.45, 2.75) is 6.04 Å². The molecule has 0 aromatic heterocycles. The van der Waals surface area contributed by atoms with Gasteiger partial charge in [-0.1, -0.05) is 48.0 Å². The Labute approximate surface area is 122 Å². The Kier molecular flexibility index (Phi) is 4.61. The lowest BCUT2D eigenvalue weighted by molar-refractivity contribution is 0.0917. The first kappa shape index (κ1) is 14.4. The number of amides is 1. The highest BCUT2D eigenvalue weighted by molar-refractivity contribution is 6.34. The quantitative estimate of drug-likeness (QED) is 0.757. The Hall–Kier alpha value is -2.04. The van der Waals surface area contributed by atoms with Gasteiger partial charge in [0.15, 0.2) is 0 Å². The molecule has 0 aliphatic rings. The van der Waals surface area contributed by atoms with Crippen LogP contribution >= 0.6 is 11.6 Å². The number of anilines is 1. The molecule has 104 valence electrons.